The van der Waals surface area contributed by atoms with Gasteiger partial charge in [-0.2, -0.15) is 0 Å². The summed E-state index contributed by atoms with van der Waals surface area (Å²) in [6.07, 6.45) is 4.06. The first-order valence-corrected chi connectivity index (χ1v) is 6.95. The van der Waals surface area contributed by atoms with Crippen molar-refractivity contribution in [3.8, 4) is 0 Å². The van der Waals surface area contributed by atoms with E-state index in [0.717, 1.165) is 12.8 Å². The molecular formula is C16H23NO. The van der Waals surface area contributed by atoms with Crippen LogP contribution >= 0.6 is 0 Å². The average molecular weight is 245 g/mol. The Morgan fingerprint density at radius 1 is 1.39 bits per heavy atom. The lowest BCUT2D eigenvalue weighted by Crippen LogP contribution is -2.36. The van der Waals surface area contributed by atoms with Gasteiger partial charge in [0.2, 0.25) is 0 Å². The fourth-order valence-electron chi connectivity index (χ4n) is 2.82. The van der Waals surface area contributed by atoms with Gasteiger partial charge in [0.25, 0.3) is 0 Å². The predicted octanol–water partition coefficient (Wildman–Crippen LogP) is 3.05. The number of hydrogen-bond donors (Lipinski definition) is 1. The minimum Gasteiger partial charge on any atom is -0.321 e. The molecule has 1 aromatic carbocycles. The Balaban J connectivity index is 2.10. The highest BCUT2D eigenvalue weighted by molar-refractivity contribution is 5.84. The van der Waals surface area contributed by atoms with E-state index in [0.29, 0.717) is 12.3 Å². The molecule has 18 heavy (non-hydrogen) atoms. The Hall–Kier alpha value is -1.15. The fraction of sp³-hybridized carbons (Fsp3) is 0.562. The molecule has 0 saturated carbocycles. The molecular weight excluding hydrogens is 222 g/mol. The first kappa shape index (κ1) is 13.3. The van der Waals surface area contributed by atoms with Gasteiger partial charge in [0.1, 0.15) is 5.78 Å². The topological polar surface area (TPSA) is 43.1 Å². The standard InChI is InChI=1S/C16H23NO/c1-11(2)16(17)15(18)10-13-8-5-7-12-6-3-4-9-14(12)13/h3-4,6,9,11,13,16H,5,7-8,10,17H2,1-2H3. The van der Waals surface area contributed by atoms with E-state index in [1.165, 1.54) is 17.5 Å². The quantitative estimate of drug-likeness (QED) is 0.886. The summed E-state index contributed by atoms with van der Waals surface area (Å²) >= 11 is 0. The van der Waals surface area contributed by atoms with Crippen molar-refractivity contribution < 1.29 is 4.79 Å². The Bertz CT molecular complexity index is 425. The number of nitrogens with two attached hydrogens (primary N) is 1. The van der Waals surface area contributed by atoms with Crippen LogP contribution in [0.1, 0.15) is 50.2 Å². The Labute approximate surface area is 110 Å². The molecule has 1 aromatic rings. The lowest BCUT2D eigenvalue weighted by molar-refractivity contribution is -0.121. The monoisotopic (exact) mass is 245 g/mol. The molecule has 0 aliphatic heterocycles. The summed E-state index contributed by atoms with van der Waals surface area (Å²) in [5, 5.41) is 0. The van der Waals surface area contributed by atoms with Crippen LogP contribution in [0.25, 0.3) is 0 Å². The third-order valence-electron chi connectivity index (χ3n) is 4.03. The molecule has 2 N–H and O–H groups in total. The zero-order valence-corrected chi connectivity index (χ0v) is 11.4. The number of carbonyl (C=O) groups is 1. The largest absolute Gasteiger partial charge is 0.321 e. The van der Waals surface area contributed by atoms with Crippen molar-refractivity contribution in [1.82, 2.24) is 0 Å². The van der Waals surface area contributed by atoms with E-state index in [1.54, 1.807) is 0 Å². The summed E-state index contributed by atoms with van der Waals surface area (Å²) in [5.41, 5.74) is 8.73. The molecule has 2 heteroatoms. The van der Waals surface area contributed by atoms with E-state index in [9.17, 15) is 4.79 Å². The maximum Gasteiger partial charge on any atom is 0.150 e. The van der Waals surface area contributed by atoms with Crippen molar-refractivity contribution in [3.63, 3.8) is 0 Å². The second kappa shape index (κ2) is 5.66. The van der Waals surface area contributed by atoms with Crippen molar-refractivity contribution in [2.75, 3.05) is 0 Å². The fourth-order valence-corrected chi connectivity index (χ4v) is 2.82. The minimum absolute atomic E-state index is 0.215. The number of fused-ring (bicyclic) bond motifs is 1. The van der Waals surface area contributed by atoms with Gasteiger partial charge in [-0.05, 0) is 42.2 Å². The summed E-state index contributed by atoms with van der Waals surface area (Å²) in [5.74, 6) is 0.829. The van der Waals surface area contributed by atoms with Gasteiger partial charge in [-0.15, -0.1) is 0 Å². The number of benzene rings is 1. The van der Waals surface area contributed by atoms with Crippen LogP contribution in [0.4, 0.5) is 0 Å². The van der Waals surface area contributed by atoms with E-state index in [-0.39, 0.29) is 17.7 Å². The molecule has 1 aliphatic carbocycles. The lowest BCUT2D eigenvalue weighted by Gasteiger charge is -2.26. The van der Waals surface area contributed by atoms with Gasteiger partial charge >= 0.3 is 0 Å². The van der Waals surface area contributed by atoms with Crippen LogP contribution in [-0.4, -0.2) is 11.8 Å². The van der Waals surface area contributed by atoms with Gasteiger partial charge in [-0.25, -0.2) is 0 Å². The lowest BCUT2D eigenvalue weighted by atomic mass is 9.79. The molecule has 0 radical (unpaired) electrons. The van der Waals surface area contributed by atoms with E-state index >= 15 is 0 Å². The summed E-state index contributed by atoms with van der Waals surface area (Å²) in [4.78, 5) is 12.1. The van der Waals surface area contributed by atoms with Crippen molar-refractivity contribution in [2.45, 2.75) is 51.5 Å². The molecule has 98 valence electrons. The molecule has 0 bridgehead atoms. The number of carbonyl (C=O) groups excluding carboxylic acids is 1. The highest BCUT2D eigenvalue weighted by Crippen LogP contribution is 2.34. The summed E-state index contributed by atoms with van der Waals surface area (Å²) in [6.45, 7) is 4.02. The zero-order chi connectivity index (χ0) is 13.1. The molecule has 0 heterocycles. The first-order valence-electron chi connectivity index (χ1n) is 6.95. The number of ketones is 1. The van der Waals surface area contributed by atoms with Crippen LogP contribution in [0, 0.1) is 5.92 Å². The molecule has 1 aliphatic rings. The van der Waals surface area contributed by atoms with Crippen LogP contribution < -0.4 is 5.73 Å². The van der Waals surface area contributed by atoms with E-state index in [1.807, 2.05) is 13.8 Å². The Morgan fingerprint density at radius 2 is 2.11 bits per heavy atom. The highest BCUT2D eigenvalue weighted by atomic mass is 16.1. The number of hydrogen-bond acceptors (Lipinski definition) is 2. The highest BCUT2D eigenvalue weighted by Gasteiger charge is 2.25. The van der Waals surface area contributed by atoms with Crippen LogP contribution in [-0.2, 0) is 11.2 Å². The second-order valence-corrected chi connectivity index (χ2v) is 5.73. The van der Waals surface area contributed by atoms with Crippen molar-refractivity contribution >= 4 is 5.78 Å². The van der Waals surface area contributed by atoms with E-state index < -0.39 is 0 Å². The predicted molar refractivity (Wildman–Crippen MR) is 74.6 cm³/mol. The van der Waals surface area contributed by atoms with Gasteiger partial charge < -0.3 is 5.73 Å². The van der Waals surface area contributed by atoms with E-state index in [4.69, 9.17) is 5.73 Å². The van der Waals surface area contributed by atoms with Crippen LogP contribution in [0.15, 0.2) is 24.3 Å². The van der Waals surface area contributed by atoms with Gasteiger partial charge in [-0.1, -0.05) is 38.1 Å². The van der Waals surface area contributed by atoms with Gasteiger partial charge in [0.05, 0.1) is 6.04 Å². The van der Waals surface area contributed by atoms with Gasteiger partial charge in [0.15, 0.2) is 0 Å². The summed E-state index contributed by atoms with van der Waals surface area (Å²) < 4.78 is 0. The Morgan fingerprint density at radius 3 is 2.83 bits per heavy atom. The molecule has 0 spiro atoms. The van der Waals surface area contributed by atoms with Crippen LogP contribution in [0.3, 0.4) is 0 Å². The molecule has 0 saturated heterocycles. The van der Waals surface area contributed by atoms with E-state index in [2.05, 4.69) is 24.3 Å². The van der Waals surface area contributed by atoms with Crippen LogP contribution in [0.5, 0.6) is 0 Å². The molecule has 2 rings (SSSR count). The van der Waals surface area contributed by atoms with Gasteiger partial charge in [-0.3, -0.25) is 4.79 Å². The maximum atomic E-state index is 12.1. The third-order valence-corrected chi connectivity index (χ3v) is 4.03. The first-order chi connectivity index (χ1) is 8.59. The van der Waals surface area contributed by atoms with Gasteiger partial charge in [0, 0.05) is 6.42 Å². The molecule has 0 amide bonds. The Kier molecular flexibility index (Phi) is 4.18. The number of aryl methyl sites for hydroxylation is 1. The minimum atomic E-state index is -0.306. The molecule has 2 nitrogen and oxygen atoms in total. The summed E-state index contributed by atoms with van der Waals surface area (Å²) in [6, 6.07) is 8.22. The SMILES string of the molecule is CC(C)C(N)C(=O)CC1CCCc2ccccc21. The third kappa shape index (κ3) is 2.81. The smallest absolute Gasteiger partial charge is 0.150 e. The molecule has 2 unspecified atom stereocenters. The van der Waals surface area contributed by atoms with Crippen molar-refractivity contribution in [2.24, 2.45) is 11.7 Å². The average Bonchev–Trinajstić information content (AvgIpc) is 2.38. The number of Topliss-reactive ketones (excluding diaryl/α,β-unsaturated/α-hetero) is 1. The second-order valence-electron chi connectivity index (χ2n) is 5.73. The zero-order valence-electron chi connectivity index (χ0n) is 11.4. The maximum absolute atomic E-state index is 12.1. The summed E-state index contributed by atoms with van der Waals surface area (Å²) in [7, 11) is 0. The van der Waals surface area contributed by atoms with Crippen LogP contribution in [0.2, 0.25) is 0 Å². The molecule has 2 atom stereocenters. The normalized spacial score (nSPS) is 20.6. The van der Waals surface area contributed by atoms with Crippen molar-refractivity contribution in [3.05, 3.63) is 35.4 Å². The number of rotatable bonds is 4. The molecule has 0 fully saturated rings. The molecule has 0 aromatic heterocycles. The van der Waals surface area contributed by atoms with Crippen molar-refractivity contribution in [1.29, 1.82) is 0 Å².